The number of methoxy groups -OCH3 is 1. The molecule has 0 saturated heterocycles. The van der Waals surface area contributed by atoms with Crippen LogP contribution in [0.2, 0.25) is 0 Å². The minimum atomic E-state index is -0.226. The summed E-state index contributed by atoms with van der Waals surface area (Å²) in [6, 6.07) is 3.41. The van der Waals surface area contributed by atoms with Gasteiger partial charge in [0.2, 0.25) is 11.6 Å². The molecule has 0 spiro atoms. The van der Waals surface area contributed by atoms with E-state index in [4.69, 9.17) is 4.74 Å². The molecule has 0 amide bonds. The third-order valence-electron chi connectivity index (χ3n) is 4.23. The Bertz CT molecular complexity index is 632. The van der Waals surface area contributed by atoms with E-state index in [1.165, 1.54) is 32.8 Å². The largest absolute Gasteiger partial charge is 0.492 e. The highest BCUT2D eigenvalue weighted by molar-refractivity contribution is 6.25. The van der Waals surface area contributed by atoms with E-state index in [9.17, 15) is 9.59 Å². The zero-order valence-corrected chi connectivity index (χ0v) is 14.3. The third-order valence-corrected chi connectivity index (χ3v) is 4.23. The second kappa shape index (κ2) is 8.04. The Morgan fingerprint density at radius 2 is 1.70 bits per heavy atom. The molecule has 1 heterocycles. The second-order valence-electron chi connectivity index (χ2n) is 6.04. The van der Waals surface area contributed by atoms with Gasteiger partial charge in [0.15, 0.2) is 5.76 Å². The fourth-order valence-electron chi connectivity index (χ4n) is 2.94. The molecule has 0 bridgehead atoms. The number of unbranched alkanes of at least 4 members (excludes halogenated alkanes) is 5. The highest BCUT2D eigenvalue weighted by Gasteiger charge is 2.33. The smallest absolute Gasteiger partial charge is 0.230 e. The van der Waals surface area contributed by atoms with Crippen molar-refractivity contribution < 1.29 is 14.3 Å². The van der Waals surface area contributed by atoms with Gasteiger partial charge in [0.25, 0.3) is 0 Å². The molecule has 4 heteroatoms. The molecule has 23 heavy (non-hydrogen) atoms. The van der Waals surface area contributed by atoms with Crippen LogP contribution in [0, 0.1) is 6.92 Å². The SMILES string of the molecule is CCCCCCCCC1=C(OC)C(=O)c2ccc(C)nc2C1=O. The van der Waals surface area contributed by atoms with Gasteiger partial charge in [0, 0.05) is 11.3 Å². The summed E-state index contributed by atoms with van der Waals surface area (Å²) >= 11 is 0. The highest BCUT2D eigenvalue weighted by Crippen LogP contribution is 2.29. The Kier molecular flexibility index (Phi) is 6.08. The zero-order valence-electron chi connectivity index (χ0n) is 14.3. The first-order chi connectivity index (χ1) is 11.1. The molecule has 0 saturated carbocycles. The molecule has 4 nitrogen and oxygen atoms in total. The van der Waals surface area contributed by atoms with E-state index >= 15 is 0 Å². The molecule has 0 atom stereocenters. The lowest BCUT2D eigenvalue weighted by molar-refractivity contribution is 0.0899. The summed E-state index contributed by atoms with van der Waals surface area (Å²) in [6.07, 6.45) is 7.40. The Labute approximate surface area is 138 Å². The van der Waals surface area contributed by atoms with E-state index in [0.29, 0.717) is 17.6 Å². The van der Waals surface area contributed by atoms with Gasteiger partial charge in [-0.15, -0.1) is 0 Å². The van der Waals surface area contributed by atoms with Crippen molar-refractivity contribution in [2.24, 2.45) is 0 Å². The molecule has 0 unspecified atom stereocenters. The maximum absolute atomic E-state index is 12.7. The number of rotatable bonds is 8. The Hall–Kier alpha value is -1.97. The van der Waals surface area contributed by atoms with Crippen LogP contribution in [0.5, 0.6) is 0 Å². The molecule has 2 rings (SSSR count). The maximum atomic E-state index is 12.7. The summed E-state index contributed by atoms with van der Waals surface area (Å²) in [4.78, 5) is 29.5. The van der Waals surface area contributed by atoms with Gasteiger partial charge in [-0.3, -0.25) is 9.59 Å². The molecule has 1 aliphatic carbocycles. The predicted octanol–water partition coefficient (Wildman–Crippen LogP) is 4.42. The minimum Gasteiger partial charge on any atom is -0.492 e. The molecule has 0 fully saturated rings. The normalized spacial score (nSPS) is 14.2. The molecular formula is C19H25NO3. The van der Waals surface area contributed by atoms with E-state index in [1.54, 1.807) is 12.1 Å². The lowest BCUT2D eigenvalue weighted by atomic mass is 9.88. The van der Waals surface area contributed by atoms with Crippen molar-refractivity contribution in [3.8, 4) is 0 Å². The second-order valence-corrected chi connectivity index (χ2v) is 6.04. The Morgan fingerprint density at radius 3 is 2.39 bits per heavy atom. The molecular weight excluding hydrogens is 290 g/mol. The average Bonchev–Trinajstić information content (AvgIpc) is 2.55. The number of carbonyl (C=O) groups excluding carboxylic acids is 2. The van der Waals surface area contributed by atoms with Crippen molar-refractivity contribution in [3.05, 3.63) is 40.4 Å². The number of carbonyl (C=O) groups is 2. The maximum Gasteiger partial charge on any atom is 0.230 e. The quantitative estimate of drug-likeness (QED) is 0.666. The number of pyridine rings is 1. The van der Waals surface area contributed by atoms with E-state index in [0.717, 1.165) is 18.5 Å². The van der Waals surface area contributed by atoms with E-state index in [1.807, 2.05) is 6.92 Å². The number of hydrogen-bond acceptors (Lipinski definition) is 4. The number of nitrogens with zero attached hydrogens (tertiary/aromatic N) is 1. The van der Waals surface area contributed by atoms with Crippen molar-refractivity contribution >= 4 is 11.6 Å². The lowest BCUT2D eigenvalue weighted by Gasteiger charge is -2.19. The van der Waals surface area contributed by atoms with E-state index < -0.39 is 0 Å². The molecule has 0 N–H and O–H groups in total. The molecule has 0 radical (unpaired) electrons. The first kappa shape index (κ1) is 17.4. The number of ketones is 2. The summed E-state index contributed by atoms with van der Waals surface area (Å²) < 4.78 is 5.25. The number of Topliss-reactive ketones (excluding diaryl/α,β-unsaturated/α-hetero) is 2. The van der Waals surface area contributed by atoms with Crippen LogP contribution in [0.25, 0.3) is 0 Å². The molecule has 124 valence electrons. The van der Waals surface area contributed by atoms with Gasteiger partial charge in [0.1, 0.15) is 5.69 Å². The van der Waals surface area contributed by atoms with Gasteiger partial charge in [-0.25, -0.2) is 4.98 Å². The van der Waals surface area contributed by atoms with Gasteiger partial charge in [-0.2, -0.15) is 0 Å². The van der Waals surface area contributed by atoms with E-state index in [-0.39, 0.29) is 23.0 Å². The van der Waals surface area contributed by atoms with Crippen LogP contribution >= 0.6 is 0 Å². The zero-order chi connectivity index (χ0) is 16.8. The number of fused-ring (bicyclic) bond motifs is 1. The number of aryl methyl sites for hydroxylation is 1. The van der Waals surface area contributed by atoms with Crippen molar-refractivity contribution in [2.45, 2.75) is 58.8 Å². The molecule has 1 aromatic heterocycles. The lowest BCUT2D eigenvalue weighted by Crippen LogP contribution is -2.24. The number of aromatic nitrogens is 1. The van der Waals surface area contributed by atoms with Crippen LogP contribution in [0.1, 0.15) is 78.4 Å². The molecule has 0 aromatic carbocycles. The fraction of sp³-hybridized carbons (Fsp3) is 0.526. The summed E-state index contributed by atoms with van der Waals surface area (Å²) in [5, 5.41) is 0. The van der Waals surface area contributed by atoms with Gasteiger partial charge in [-0.1, -0.05) is 39.0 Å². The van der Waals surface area contributed by atoms with Crippen LogP contribution in [0.15, 0.2) is 23.5 Å². The third kappa shape index (κ3) is 3.87. The van der Waals surface area contributed by atoms with Crippen LogP contribution in [-0.2, 0) is 4.74 Å². The standard InChI is InChI=1S/C19H25NO3/c1-4-5-6-7-8-9-10-15-17(21)16-14(12-11-13(2)20-16)18(22)19(15)23-3/h11-12H,4-10H2,1-3H3. The highest BCUT2D eigenvalue weighted by atomic mass is 16.5. The van der Waals surface area contributed by atoms with Crippen LogP contribution < -0.4 is 0 Å². The van der Waals surface area contributed by atoms with Gasteiger partial charge in [0.05, 0.1) is 12.7 Å². The van der Waals surface area contributed by atoms with Crippen LogP contribution in [0.3, 0.4) is 0 Å². The topological polar surface area (TPSA) is 56.3 Å². The summed E-state index contributed by atoms with van der Waals surface area (Å²) in [5.41, 5.74) is 1.85. The van der Waals surface area contributed by atoms with Crippen molar-refractivity contribution in [1.29, 1.82) is 0 Å². The van der Waals surface area contributed by atoms with Crippen molar-refractivity contribution in [2.75, 3.05) is 7.11 Å². The monoisotopic (exact) mass is 315 g/mol. The average molecular weight is 315 g/mol. The molecule has 0 aliphatic heterocycles. The van der Waals surface area contributed by atoms with E-state index in [2.05, 4.69) is 11.9 Å². The molecule has 1 aromatic rings. The predicted molar refractivity (Wildman–Crippen MR) is 89.7 cm³/mol. The van der Waals surface area contributed by atoms with Gasteiger partial charge in [-0.05, 0) is 31.9 Å². The Morgan fingerprint density at radius 1 is 1.00 bits per heavy atom. The number of hydrogen-bond donors (Lipinski definition) is 0. The Balaban J connectivity index is 2.13. The number of ether oxygens (including phenoxy) is 1. The van der Waals surface area contributed by atoms with Crippen LogP contribution in [0.4, 0.5) is 0 Å². The van der Waals surface area contributed by atoms with Crippen LogP contribution in [-0.4, -0.2) is 23.7 Å². The van der Waals surface area contributed by atoms with Gasteiger partial charge < -0.3 is 4.74 Å². The molecule has 1 aliphatic rings. The van der Waals surface area contributed by atoms with Crippen molar-refractivity contribution in [1.82, 2.24) is 4.98 Å². The first-order valence-corrected chi connectivity index (χ1v) is 8.44. The first-order valence-electron chi connectivity index (χ1n) is 8.44. The summed E-state index contributed by atoms with van der Waals surface area (Å²) in [7, 11) is 1.45. The summed E-state index contributed by atoms with van der Waals surface area (Å²) in [6.45, 7) is 4.01. The number of allylic oxidation sites excluding steroid dienone is 2. The minimum absolute atomic E-state index is 0.159. The summed E-state index contributed by atoms with van der Waals surface area (Å²) in [5.74, 6) is -0.189. The van der Waals surface area contributed by atoms with Crippen molar-refractivity contribution in [3.63, 3.8) is 0 Å². The fourth-order valence-corrected chi connectivity index (χ4v) is 2.94. The van der Waals surface area contributed by atoms with Gasteiger partial charge >= 0.3 is 0 Å².